The Bertz CT molecular complexity index is 858. The zero-order valence-corrected chi connectivity index (χ0v) is 13.5. The molecular formula is C20H17N5. The standard InChI is InChI=1S/C20H17N5/c21-13-7-12-17(14-22)20-24-18(15-8-3-1-4-9-15)23-19(25-20)16-10-5-2-6-11-16/h1-14,22H,21H2/b13-7+,17-12+,22-14?. The van der Waals surface area contributed by atoms with Gasteiger partial charge in [0.2, 0.25) is 0 Å². The van der Waals surface area contributed by atoms with E-state index in [-0.39, 0.29) is 0 Å². The van der Waals surface area contributed by atoms with Crippen LogP contribution in [0.2, 0.25) is 0 Å². The van der Waals surface area contributed by atoms with E-state index in [4.69, 9.17) is 11.1 Å². The van der Waals surface area contributed by atoms with E-state index in [2.05, 4.69) is 15.0 Å². The van der Waals surface area contributed by atoms with Crippen LogP contribution in [0.25, 0.3) is 28.3 Å². The number of hydrogen-bond acceptors (Lipinski definition) is 5. The molecule has 0 spiro atoms. The molecule has 0 saturated carbocycles. The summed E-state index contributed by atoms with van der Waals surface area (Å²) in [5.41, 5.74) is 7.73. The van der Waals surface area contributed by atoms with Crippen molar-refractivity contribution < 1.29 is 0 Å². The molecule has 25 heavy (non-hydrogen) atoms. The summed E-state index contributed by atoms with van der Waals surface area (Å²) >= 11 is 0. The summed E-state index contributed by atoms with van der Waals surface area (Å²) < 4.78 is 0. The van der Waals surface area contributed by atoms with E-state index in [1.54, 1.807) is 12.2 Å². The molecule has 0 bridgehead atoms. The number of rotatable bonds is 5. The van der Waals surface area contributed by atoms with Crippen LogP contribution in [-0.2, 0) is 0 Å². The Morgan fingerprint density at radius 1 is 0.800 bits per heavy atom. The van der Waals surface area contributed by atoms with E-state index >= 15 is 0 Å². The number of hydrogen-bond donors (Lipinski definition) is 2. The summed E-state index contributed by atoms with van der Waals surface area (Å²) in [5.74, 6) is 1.56. The molecule has 0 atom stereocenters. The second-order valence-corrected chi connectivity index (χ2v) is 5.19. The van der Waals surface area contributed by atoms with Crippen LogP contribution in [0.15, 0.2) is 79.0 Å². The van der Waals surface area contributed by atoms with Crippen LogP contribution >= 0.6 is 0 Å². The van der Waals surface area contributed by atoms with E-state index in [1.807, 2.05) is 60.7 Å². The Morgan fingerprint density at radius 3 is 1.76 bits per heavy atom. The predicted molar refractivity (Wildman–Crippen MR) is 101 cm³/mol. The van der Waals surface area contributed by atoms with Gasteiger partial charge in [-0.25, -0.2) is 15.0 Å². The van der Waals surface area contributed by atoms with E-state index in [9.17, 15) is 0 Å². The minimum absolute atomic E-state index is 0.431. The first-order valence-electron chi connectivity index (χ1n) is 7.78. The summed E-state index contributed by atoms with van der Waals surface area (Å²) in [6.07, 6.45) is 5.96. The lowest BCUT2D eigenvalue weighted by Gasteiger charge is -2.08. The zero-order chi connectivity index (χ0) is 17.5. The third-order valence-corrected chi connectivity index (χ3v) is 3.50. The average Bonchev–Trinajstić information content (AvgIpc) is 2.70. The van der Waals surface area contributed by atoms with Gasteiger partial charge in [0.05, 0.1) is 0 Å². The Labute approximate surface area is 146 Å². The third kappa shape index (κ3) is 3.84. The molecule has 1 heterocycles. The van der Waals surface area contributed by atoms with Crippen LogP contribution in [0, 0.1) is 5.41 Å². The lowest BCUT2D eigenvalue weighted by atomic mass is 10.1. The van der Waals surface area contributed by atoms with E-state index < -0.39 is 0 Å². The van der Waals surface area contributed by atoms with Crippen molar-refractivity contribution in [3.8, 4) is 22.8 Å². The van der Waals surface area contributed by atoms with Crippen molar-refractivity contribution in [1.82, 2.24) is 15.0 Å². The quantitative estimate of drug-likeness (QED) is 0.552. The third-order valence-electron chi connectivity index (χ3n) is 3.50. The van der Waals surface area contributed by atoms with Gasteiger partial charge in [0.1, 0.15) is 0 Å². The molecule has 0 aliphatic rings. The van der Waals surface area contributed by atoms with Crippen LogP contribution in [0.1, 0.15) is 5.82 Å². The number of benzene rings is 2. The van der Waals surface area contributed by atoms with Crippen LogP contribution < -0.4 is 5.73 Å². The first-order chi connectivity index (χ1) is 12.3. The molecule has 0 amide bonds. The summed E-state index contributed by atoms with van der Waals surface area (Å²) in [4.78, 5) is 13.7. The average molecular weight is 327 g/mol. The van der Waals surface area contributed by atoms with Crippen molar-refractivity contribution in [3.63, 3.8) is 0 Å². The molecule has 122 valence electrons. The van der Waals surface area contributed by atoms with Crippen LogP contribution in [0.4, 0.5) is 0 Å². The highest BCUT2D eigenvalue weighted by Crippen LogP contribution is 2.22. The summed E-state index contributed by atoms with van der Waals surface area (Å²) in [6, 6.07) is 19.4. The van der Waals surface area contributed by atoms with Gasteiger partial charge in [-0.3, -0.25) is 0 Å². The summed E-state index contributed by atoms with van der Waals surface area (Å²) in [6.45, 7) is 0. The van der Waals surface area contributed by atoms with Crippen molar-refractivity contribution in [2.45, 2.75) is 0 Å². The minimum Gasteiger partial charge on any atom is -0.405 e. The SMILES string of the molecule is N=C/C(=C\C=C\N)c1nc(-c2ccccc2)nc(-c2ccccc2)n1. The maximum absolute atomic E-state index is 7.66. The Kier molecular flexibility index (Phi) is 5.07. The Morgan fingerprint density at radius 2 is 1.32 bits per heavy atom. The molecule has 0 aliphatic carbocycles. The second kappa shape index (κ2) is 7.79. The molecular weight excluding hydrogens is 310 g/mol. The Balaban J connectivity index is 2.20. The molecule has 0 aliphatic heterocycles. The minimum atomic E-state index is 0.431. The molecule has 1 aromatic heterocycles. The van der Waals surface area contributed by atoms with Crippen LogP contribution in [0.5, 0.6) is 0 Å². The fourth-order valence-electron chi connectivity index (χ4n) is 2.28. The van der Waals surface area contributed by atoms with Gasteiger partial charge >= 0.3 is 0 Å². The smallest absolute Gasteiger partial charge is 0.165 e. The molecule has 3 rings (SSSR count). The van der Waals surface area contributed by atoms with Crippen LogP contribution in [0.3, 0.4) is 0 Å². The number of nitrogens with zero attached hydrogens (tertiary/aromatic N) is 3. The van der Waals surface area contributed by atoms with Gasteiger partial charge in [-0.2, -0.15) is 0 Å². The molecule has 2 aromatic carbocycles. The number of nitrogens with two attached hydrogens (primary N) is 1. The molecule has 0 radical (unpaired) electrons. The maximum Gasteiger partial charge on any atom is 0.165 e. The second-order valence-electron chi connectivity index (χ2n) is 5.19. The molecule has 3 N–H and O–H groups in total. The largest absolute Gasteiger partial charge is 0.405 e. The maximum atomic E-state index is 7.66. The molecule has 5 heteroatoms. The van der Waals surface area contributed by atoms with Crippen molar-refractivity contribution in [2.75, 3.05) is 0 Å². The summed E-state index contributed by atoms with van der Waals surface area (Å²) in [5, 5.41) is 7.66. The van der Waals surface area contributed by atoms with Crippen molar-refractivity contribution in [3.05, 3.63) is 84.8 Å². The molecule has 5 nitrogen and oxygen atoms in total. The molecule has 0 fully saturated rings. The van der Waals surface area contributed by atoms with Crippen LogP contribution in [-0.4, -0.2) is 21.2 Å². The molecule has 0 saturated heterocycles. The molecule has 0 unspecified atom stereocenters. The van der Waals surface area contributed by atoms with Crippen molar-refractivity contribution >= 4 is 11.8 Å². The van der Waals surface area contributed by atoms with Gasteiger partial charge in [-0.1, -0.05) is 60.7 Å². The fourth-order valence-corrected chi connectivity index (χ4v) is 2.28. The van der Waals surface area contributed by atoms with Gasteiger partial charge in [0, 0.05) is 22.9 Å². The number of allylic oxidation sites excluding steroid dienone is 3. The lowest BCUT2D eigenvalue weighted by Crippen LogP contribution is -2.03. The van der Waals surface area contributed by atoms with Gasteiger partial charge in [0.15, 0.2) is 17.5 Å². The van der Waals surface area contributed by atoms with Crippen molar-refractivity contribution in [2.24, 2.45) is 5.73 Å². The monoisotopic (exact) mass is 327 g/mol. The van der Waals surface area contributed by atoms with E-state index in [0.29, 0.717) is 23.0 Å². The van der Waals surface area contributed by atoms with Gasteiger partial charge in [-0.05, 0) is 18.4 Å². The van der Waals surface area contributed by atoms with E-state index in [1.165, 1.54) is 12.4 Å². The fraction of sp³-hybridized carbons (Fsp3) is 0. The number of nitrogens with one attached hydrogen (secondary N) is 1. The summed E-state index contributed by atoms with van der Waals surface area (Å²) in [7, 11) is 0. The highest BCUT2D eigenvalue weighted by Gasteiger charge is 2.12. The van der Waals surface area contributed by atoms with Gasteiger partial charge < -0.3 is 11.1 Å². The zero-order valence-electron chi connectivity index (χ0n) is 13.5. The van der Waals surface area contributed by atoms with Crippen molar-refractivity contribution in [1.29, 1.82) is 5.41 Å². The highest BCUT2D eigenvalue weighted by atomic mass is 15.0. The lowest BCUT2D eigenvalue weighted by molar-refractivity contribution is 1.04. The number of aromatic nitrogens is 3. The normalized spacial score (nSPS) is 11.6. The first-order valence-corrected chi connectivity index (χ1v) is 7.78. The van der Waals surface area contributed by atoms with Gasteiger partial charge in [0.25, 0.3) is 0 Å². The first kappa shape index (κ1) is 16.3. The van der Waals surface area contributed by atoms with E-state index in [0.717, 1.165) is 11.1 Å². The Hall–Kier alpha value is -3.60. The topological polar surface area (TPSA) is 88.5 Å². The predicted octanol–water partition coefficient (Wildman–Crippen LogP) is 3.71. The highest BCUT2D eigenvalue weighted by molar-refractivity contribution is 6.07. The van der Waals surface area contributed by atoms with Gasteiger partial charge in [-0.15, -0.1) is 0 Å². The molecule has 3 aromatic rings.